The molecule has 2 heterocycles. The third-order valence-corrected chi connectivity index (χ3v) is 6.83. The highest BCUT2D eigenvalue weighted by Gasteiger charge is 2.31. The third-order valence-electron chi connectivity index (χ3n) is 6.83. The zero-order chi connectivity index (χ0) is 20.4. The van der Waals surface area contributed by atoms with Crippen molar-refractivity contribution in [1.29, 1.82) is 0 Å². The van der Waals surface area contributed by atoms with Gasteiger partial charge in [-0.25, -0.2) is 0 Å². The van der Waals surface area contributed by atoms with Gasteiger partial charge in [-0.2, -0.15) is 0 Å². The van der Waals surface area contributed by atoms with Crippen molar-refractivity contribution in [3.05, 3.63) is 0 Å². The molecule has 0 aromatic rings. The van der Waals surface area contributed by atoms with Gasteiger partial charge in [0.05, 0.1) is 0 Å². The van der Waals surface area contributed by atoms with Crippen LogP contribution < -0.4 is 0 Å². The molecular formula is C24H44N2O2. The fraction of sp³-hybridized carbons (Fsp3) is 0.917. The molecule has 0 bridgehead atoms. The molecule has 0 saturated carbocycles. The number of nitrogens with zero attached hydrogens (tertiary/aromatic N) is 2. The van der Waals surface area contributed by atoms with Gasteiger partial charge in [0.25, 0.3) is 0 Å². The predicted molar refractivity (Wildman–Crippen MR) is 116 cm³/mol. The lowest BCUT2D eigenvalue weighted by atomic mass is 9.86. The average Bonchev–Trinajstić information content (AvgIpc) is 2.72. The summed E-state index contributed by atoms with van der Waals surface area (Å²) in [6, 6.07) is 0.609. The number of piperidine rings is 2. The zero-order valence-electron chi connectivity index (χ0n) is 18.8. The number of rotatable bonds is 11. The Bertz CT molecular complexity index is 461. The molecule has 4 nitrogen and oxygen atoms in total. The van der Waals surface area contributed by atoms with Crippen molar-refractivity contribution in [3.63, 3.8) is 0 Å². The largest absolute Gasteiger partial charge is 0.343 e. The Morgan fingerprint density at radius 2 is 1.39 bits per heavy atom. The number of Topliss-reactive ketones (excluding diaryl/α,β-unsaturated/α-hetero) is 1. The number of ketones is 1. The molecule has 0 atom stereocenters. The normalized spacial score (nSPS) is 20.1. The van der Waals surface area contributed by atoms with E-state index in [2.05, 4.69) is 16.7 Å². The molecule has 0 spiro atoms. The predicted octanol–water partition coefficient (Wildman–Crippen LogP) is 5.06. The molecule has 0 N–H and O–H groups in total. The molecule has 2 saturated heterocycles. The number of carbonyl (C=O) groups is 2. The molecule has 162 valence electrons. The van der Waals surface area contributed by atoms with Crippen molar-refractivity contribution in [3.8, 4) is 0 Å². The summed E-state index contributed by atoms with van der Waals surface area (Å²) in [6.45, 7) is 10.2. The molecule has 2 aliphatic heterocycles. The second kappa shape index (κ2) is 12.6. The highest BCUT2D eigenvalue weighted by atomic mass is 16.2. The van der Waals surface area contributed by atoms with Gasteiger partial charge in [0.1, 0.15) is 5.78 Å². The topological polar surface area (TPSA) is 40.6 Å². The van der Waals surface area contributed by atoms with Crippen LogP contribution in [0.15, 0.2) is 0 Å². The van der Waals surface area contributed by atoms with Crippen LogP contribution in [-0.4, -0.2) is 53.7 Å². The van der Waals surface area contributed by atoms with Gasteiger partial charge in [0, 0.05) is 37.4 Å². The van der Waals surface area contributed by atoms with Gasteiger partial charge >= 0.3 is 0 Å². The first-order chi connectivity index (χ1) is 13.5. The van der Waals surface area contributed by atoms with Gasteiger partial charge in [-0.3, -0.25) is 9.59 Å². The number of amides is 1. The van der Waals surface area contributed by atoms with E-state index in [0.717, 1.165) is 64.7 Å². The lowest BCUT2D eigenvalue weighted by Gasteiger charge is -2.41. The van der Waals surface area contributed by atoms with E-state index in [-0.39, 0.29) is 11.8 Å². The summed E-state index contributed by atoms with van der Waals surface area (Å²) in [4.78, 5) is 29.4. The van der Waals surface area contributed by atoms with Gasteiger partial charge < -0.3 is 9.80 Å². The van der Waals surface area contributed by atoms with E-state index >= 15 is 0 Å². The summed E-state index contributed by atoms with van der Waals surface area (Å²) < 4.78 is 0. The van der Waals surface area contributed by atoms with Gasteiger partial charge in [0.2, 0.25) is 5.91 Å². The second-order valence-corrected chi connectivity index (χ2v) is 9.35. The third kappa shape index (κ3) is 7.50. The second-order valence-electron chi connectivity index (χ2n) is 9.35. The van der Waals surface area contributed by atoms with Gasteiger partial charge in [-0.15, -0.1) is 0 Å². The lowest BCUT2D eigenvalue weighted by molar-refractivity contribution is -0.133. The molecule has 0 unspecified atom stereocenters. The molecule has 0 radical (unpaired) electrons. The molecule has 0 aliphatic carbocycles. The Morgan fingerprint density at radius 1 is 0.821 bits per heavy atom. The zero-order valence-corrected chi connectivity index (χ0v) is 18.8. The molecule has 2 rings (SSSR count). The van der Waals surface area contributed by atoms with Crippen LogP contribution in [0.5, 0.6) is 0 Å². The number of likely N-dealkylation sites (tertiary alicyclic amines) is 2. The van der Waals surface area contributed by atoms with Crippen molar-refractivity contribution in [2.45, 2.75) is 104 Å². The Labute approximate surface area is 173 Å². The summed E-state index contributed by atoms with van der Waals surface area (Å²) in [5.74, 6) is 1.26. The molecule has 1 amide bonds. The van der Waals surface area contributed by atoms with E-state index in [1.165, 1.54) is 38.5 Å². The van der Waals surface area contributed by atoms with Crippen molar-refractivity contribution in [2.75, 3.05) is 26.2 Å². The van der Waals surface area contributed by atoms with E-state index in [4.69, 9.17) is 0 Å². The van der Waals surface area contributed by atoms with Crippen LogP contribution in [0.25, 0.3) is 0 Å². The summed E-state index contributed by atoms with van der Waals surface area (Å²) in [5, 5.41) is 0. The van der Waals surface area contributed by atoms with Gasteiger partial charge in [0.15, 0.2) is 0 Å². The lowest BCUT2D eigenvalue weighted by Crippen LogP contribution is -2.49. The van der Waals surface area contributed by atoms with Crippen LogP contribution in [0.4, 0.5) is 0 Å². The maximum absolute atomic E-state index is 12.5. The summed E-state index contributed by atoms with van der Waals surface area (Å²) >= 11 is 0. The Kier molecular flexibility index (Phi) is 10.5. The quantitative estimate of drug-likeness (QED) is 0.462. The molecule has 2 aliphatic rings. The Hall–Kier alpha value is -0.900. The molecular weight excluding hydrogens is 348 g/mol. The van der Waals surface area contributed by atoms with E-state index in [9.17, 15) is 9.59 Å². The fourth-order valence-electron chi connectivity index (χ4n) is 4.89. The minimum Gasteiger partial charge on any atom is -0.343 e. The summed E-state index contributed by atoms with van der Waals surface area (Å²) in [5.41, 5.74) is 0. The number of unbranched alkanes of at least 4 members (excludes halogenated alkanes) is 6. The number of hydrogen-bond donors (Lipinski definition) is 0. The van der Waals surface area contributed by atoms with Crippen molar-refractivity contribution in [1.82, 2.24) is 9.80 Å². The molecule has 28 heavy (non-hydrogen) atoms. The summed E-state index contributed by atoms with van der Waals surface area (Å²) in [7, 11) is 0. The summed E-state index contributed by atoms with van der Waals surface area (Å²) in [6.07, 6.45) is 13.8. The minimum atomic E-state index is 0.169. The molecule has 0 aromatic heterocycles. The van der Waals surface area contributed by atoms with Crippen molar-refractivity contribution in [2.24, 2.45) is 11.8 Å². The van der Waals surface area contributed by atoms with E-state index in [1.54, 1.807) is 0 Å². The van der Waals surface area contributed by atoms with Crippen molar-refractivity contribution < 1.29 is 9.59 Å². The van der Waals surface area contributed by atoms with Crippen LogP contribution in [0.2, 0.25) is 0 Å². The van der Waals surface area contributed by atoms with Gasteiger partial charge in [-0.05, 0) is 45.2 Å². The standard InChI is InChI=1S/C24H44N2O2/c1-4-5-6-7-8-9-10-11-23(27)26-18-14-22(15-19-26)25-16-12-21(13-17-25)24(28)20(2)3/h20-22H,4-19H2,1-3H3. The number of hydrogen-bond acceptors (Lipinski definition) is 3. The van der Waals surface area contributed by atoms with E-state index < -0.39 is 0 Å². The molecule has 2 fully saturated rings. The first kappa shape index (κ1) is 23.4. The van der Waals surface area contributed by atoms with Crippen LogP contribution in [-0.2, 0) is 9.59 Å². The number of carbonyl (C=O) groups excluding carboxylic acids is 2. The van der Waals surface area contributed by atoms with E-state index in [0.29, 0.717) is 17.7 Å². The molecule has 0 aromatic carbocycles. The SMILES string of the molecule is CCCCCCCCCC(=O)N1CCC(N2CCC(C(=O)C(C)C)CC2)CC1. The monoisotopic (exact) mass is 392 g/mol. The smallest absolute Gasteiger partial charge is 0.222 e. The Morgan fingerprint density at radius 3 is 1.96 bits per heavy atom. The van der Waals surface area contributed by atoms with Gasteiger partial charge in [-0.1, -0.05) is 59.3 Å². The first-order valence-corrected chi connectivity index (χ1v) is 12.1. The highest BCUT2D eigenvalue weighted by Crippen LogP contribution is 2.26. The van der Waals surface area contributed by atoms with E-state index in [1.807, 2.05) is 13.8 Å². The fourth-order valence-corrected chi connectivity index (χ4v) is 4.89. The van der Waals surface area contributed by atoms with Crippen molar-refractivity contribution >= 4 is 11.7 Å². The maximum Gasteiger partial charge on any atom is 0.222 e. The van der Waals surface area contributed by atoms with Crippen LogP contribution in [0.3, 0.4) is 0 Å². The molecule has 4 heteroatoms. The highest BCUT2D eigenvalue weighted by molar-refractivity contribution is 5.82. The first-order valence-electron chi connectivity index (χ1n) is 12.1. The van der Waals surface area contributed by atoms with Crippen LogP contribution >= 0.6 is 0 Å². The van der Waals surface area contributed by atoms with Crippen LogP contribution in [0, 0.1) is 11.8 Å². The Balaban J connectivity index is 1.58. The maximum atomic E-state index is 12.5. The van der Waals surface area contributed by atoms with Crippen LogP contribution in [0.1, 0.15) is 97.8 Å². The average molecular weight is 393 g/mol. The minimum absolute atomic E-state index is 0.169.